The van der Waals surface area contributed by atoms with Crippen molar-refractivity contribution >= 4 is 17.4 Å². The second-order valence-electron chi connectivity index (χ2n) is 17.2. The van der Waals surface area contributed by atoms with Gasteiger partial charge in [0, 0.05) is 25.6 Å². The zero-order valence-corrected chi connectivity index (χ0v) is 29.0. The Morgan fingerprint density at radius 2 is 1.58 bits per heavy atom. The van der Waals surface area contributed by atoms with Gasteiger partial charge in [-0.05, 0) is 139 Å². The summed E-state index contributed by atoms with van der Waals surface area (Å²) in [5, 5.41) is 16.5. The lowest BCUT2D eigenvalue weighted by atomic mass is 9.33. The summed E-state index contributed by atoms with van der Waals surface area (Å²) in [7, 11) is 0. The number of carboxylic acid groups (broad SMARTS) is 1. The Labute approximate surface area is 272 Å². The van der Waals surface area contributed by atoms with Gasteiger partial charge in [0.05, 0.1) is 5.56 Å². The molecule has 1 aromatic carbocycles. The predicted octanol–water partition coefficient (Wildman–Crippen LogP) is 8.51. The van der Waals surface area contributed by atoms with Crippen molar-refractivity contribution < 1.29 is 14.7 Å². The highest BCUT2D eigenvalue weighted by Gasteiger charge is 2.70. The fourth-order valence-corrected chi connectivity index (χ4v) is 12.9. The quantitative estimate of drug-likeness (QED) is 0.213. The largest absolute Gasteiger partial charge is 0.478 e. The molecular weight excluding hydrogens is 556 g/mol. The summed E-state index contributed by atoms with van der Waals surface area (Å²) >= 11 is 0. The number of amides is 1. The van der Waals surface area contributed by atoms with E-state index in [0.29, 0.717) is 41.7 Å². The van der Waals surface area contributed by atoms with Gasteiger partial charge < -0.3 is 15.7 Å². The van der Waals surface area contributed by atoms with E-state index in [2.05, 4.69) is 64.8 Å². The maximum atomic E-state index is 11.6. The van der Waals surface area contributed by atoms with Gasteiger partial charge in [0.15, 0.2) is 0 Å². The van der Waals surface area contributed by atoms with Crippen molar-refractivity contribution in [3.8, 4) is 0 Å². The van der Waals surface area contributed by atoms with Crippen LogP contribution in [0.1, 0.15) is 122 Å². The minimum absolute atomic E-state index is 0.0207. The first-order valence-electron chi connectivity index (χ1n) is 17.8. The van der Waals surface area contributed by atoms with Crippen molar-refractivity contribution in [1.82, 2.24) is 10.6 Å². The first kappa shape index (κ1) is 32.5. The Kier molecular flexibility index (Phi) is 8.03. The minimum Gasteiger partial charge on any atom is -0.478 e. The van der Waals surface area contributed by atoms with E-state index in [0.717, 1.165) is 13.0 Å². The molecule has 1 unspecified atom stereocenters. The molecule has 0 heterocycles. The molecule has 0 aromatic heterocycles. The molecule has 45 heavy (non-hydrogen) atoms. The Morgan fingerprint density at radius 1 is 0.867 bits per heavy atom. The number of carboxylic acids is 1. The van der Waals surface area contributed by atoms with Crippen molar-refractivity contribution in [1.29, 1.82) is 0 Å². The van der Waals surface area contributed by atoms with Crippen molar-refractivity contribution in [2.75, 3.05) is 13.1 Å². The summed E-state index contributed by atoms with van der Waals surface area (Å²) in [6.45, 7) is 22.9. The van der Waals surface area contributed by atoms with Gasteiger partial charge in [-0.15, -0.1) is 0 Å². The molecular formula is C40H58N2O3. The minimum atomic E-state index is -0.866. The number of allylic oxidation sites excluding steroid dienone is 3. The standard InChI is InChI=1S/C40H58N2O3/c1-25(2)29-15-20-40(42-24-23-41-26(3)43)22-21-38(7)31(34(29)40)13-14-33-37(6)18-16-30(27-9-11-28(12-10-27)35(44)45)36(4,5)32(37)17-19-39(33,38)8/h9-12,16,29,31-34,42H,1,13-15,17-24H2,2-8H3,(H,41,43)(H,44,45)/t29-,31+,32-,33+,34+,37-,38+,39+,40?/m0/s1. The van der Waals surface area contributed by atoms with Gasteiger partial charge in [0.2, 0.25) is 5.91 Å². The second kappa shape index (κ2) is 11.1. The average molecular weight is 615 g/mol. The van der Waals surface area contributed by atoms with Crippen LogP contribution in [0.25, 0.3) is 5.57 Å². The molecule has 0 radical (unpaired) electrons. The Morgan fingerprint density at radius 3 is 2.22 bits per heavy atom. The van der Waals surface area contributed by atoms with E-state index in [1.165, 1.54) is 68.1 Å². The van der Waals surface area contributed by atoms with E-state index >= 15 is 0 Å². The number of fused-ring (bicyclic) bond motifs is 7. The number of carbonyl (C=O) groups is 2. The molecule has 3 N–H and O–H groups in total. The van der Waals surface area contributed by atoms with E-state index in [1.54, 1.807) is 19.1 Å². The number of hydrogen-bond acceptors (Lipinski definition) is 3. The summed E-state index contributed by atoms with van der Waals surface area (Å²) in [4.78, 5) is 23.1. The molecule has 5 nitrogen and oxygen atoms in total. The van der Waals surface area contributed by atoms with Gasteiger partial charge in [0.25, 0.3) is 0 Å². The molecule has 4 saturated carbocycles. The van der Waals surface area contributed by atoms with E-state index in [9.17, 15) is 14.7 Å². The third kappa shape index (κ3) is 4.80. The van der Waals surface area contributed by atoms with Crippen LogP contribution in [0.15, 0.2) is 42.5 Å². The molecule has 6 rings (SSSR count). The van der Waals surface area contributed by atoms with Crippen LogP contribution in [-0.4, -0.2) is 35.6 Å². The lowest BCUT2D eigenvalue weighted by molar-refractivity contribution is -0.219. The van der Waals surface area contributed by atoms with Crippen LogP contribution < -0.4 is 10.6 Å². The summed E-state index contributed by atoms with van der Waals surface area (Å²) < 4.78 is 0. The molecule has 1 amide bonds. The average Bonchev–Trinajstić information content (AvgIpc) is 3.36. The maximum absolute atomic E-state index is 11.6. The zero-order valence-electron chi connectivity index (χ0n) is 29.0. The molecule has 246 valence electrons. The summed E-state index contributed by atoms with van der Waals surface area (Å²) in [5.74, 6) is 2.32. The monoisotopic (exact) mass is 614 g/mol. The van der Waals surface area contributed by atoms with Crippen LogP contribution in [0, 0.1) is 51.2 Å². The first-order chi connectivity index (χ1) is 21.1. The summed E-state index contributed by atoms with van der Waals surface area (Å²) in [6.07, 6.45) is 13.7. The van der Waals surface area contributed by atoms with Gasteiger partial charge in [0.1, 0.15) is 0 Å². The SMILES string of the molecule is C=C(C)[C@@H]1CCC2(NCCNC(C)=O)CC[C@]3(C)[C@H](CC[C@@H]4[C@@]5(C)CC=C(c6ccc(C(=O)O)cc6)C(C)(C)[C@@H]5CC[C@]43C)[C@@H]12. The topological polar surface area (TPSA) is 78.4 Å². The summed E-state index contributed by atoms with van der Waals surface area (Å²) in [6, 6.07) is 7.58. The number of aromatic carboxylic acids is 1. The van der Waals surface area contributed by atoms with Crippen molar-refractivity contribution in [2.24, 2.45) is 51.2 Å². The molecule has 5 aliphatic carbocycles. The van der Waals surface area contributed by atoms with Crippen LogP contribution in [-0.2, 0) is 4.79 Å². The summed E-state index contributed by atoms with van der Waals surface area (Å²) in [5.41, 5.74) is 5.28. The molecule has 5 aliphatic rings. The molecule has 4 fully saturated rings. The number of benzene rings is 1. The van der Waals surface area contributed by atoms with E-state index in [4.69, 9.17) is 0 Å². The van der Waals surface area contributed by atoms with E-state index in [1.807, 2.05) is 12.1 Å². The molecule has 0 bridgehead atoms. The normalized spacial score (nSPS) is 41.5. The predicted molar refractivity (Wildman–Crippen MR) is 183 cm³/mol. The third-order valence-corrected chi connectivity index (χ3v) is 15.1. The number of rotatable bonds is 7. The van der Waals surface area contributed by atoms with Crippen LogP contribution in [0.3, 0.4) is 0 Å². The molecule has 9 atom stereocenters. The Hall–Kier alpha value is -2.40. The highest BCUT2D eigenvalue weighted by Crippen LogP contribution is 2.76. The fraction of sp³-hybridized carbons (Fsp3) is 0.700. The number of nitrogens with one attached hydrogen (secondary N) is 2. The molecule has 1 aromatic rings. The van der Waals surface area contributed by atoms with Gasteiger partial charge in [-0.2, -0.15) is 0 Å². The number of carbonyl (C=O) groups excluding carboxylic acids is 1. The first-order valence-corrected chi connectivity index (χ1v) is 17.8. The Balaban J connectivity index is 1.31. The third-order valence-electron chi connectivity index (χ3n) is 15.1. The van der Waals surface area contributed by atoms with Gasteiger partial charge in [-0.25, -0.2) is 4.79 Å². The number of hydrogen-bond donors (Lipinski definition) is 3. The Bertz CT molecular complexity index is 1390. The van der Waals surface area contributed by atoms with Crippen LogP contribution in [0.2, 0.25) is 0 Å². The van der Waals surface area contributed by atoms with Crippen LogP contribution in [0.4, 0.5) is 0 Å². The lowest BCUT2D eigenvalue weighted by Gasteiger charge is -2.72. The highest BCUT2D eigenvalue weighted by molar-refractivity contribution is 5.88. The van der Waals surface area contributed by atoms with Crippen molar-refractivity contribution in [3.05, 3.63) is 53.6 Å². The van der Waals surface area contributed by atoms with Crippen molar-refractivity contribution in [2.45, 2.75) is 112 Å². The van der Waals surface area contributed by atoms with E-state index < -0.39 is 5.97 Å². The lowest BCUT2D eigenvalue weighted by Crippen LogP contribution is -2.68. The molecule has 5 heteroatoms. The van der Waals surface area contributed by atoms with Crippen LogP contribution >= 0.6 is 0 Å². The van der Waals surface area contributed by atoms with Crippen LogP contribution in [0.5, 0.6) is 0 Å². The van der Waals surface area contributed by atoms with Gasteiger partial charge in [-0.3, -0.25) is 4.79 Å². The second-order valence-corrected chi connectivity index (χ2v) is 17.2. The zero-order chi connectivity index (χ0) is 32.6. The molecule has 0 saturated heterocycles. The van der Waals surface area contributed by atoms with Crippen molar-refractivity contribution in [3.63, 3.8) is 0 Å². The smallest absolute Gasteiger partial charge is 0.335 e. The maximum Gasteiger partial charge on any atom is 0.335 e. The molecule has 0 spiro atoms. The van der Waals surface area contributed by atoms with E-state index in [-0.39, 0.29) is 33.1 Å². The fourth-order valence-electron chi connectivity index (χ4n) is 12.9. The molecule has 0 aliphatic heterocycles. The highest BCUT2D eigenvalue weighted by atomic mass is 16.4. The van der Waals surface area contributed by atoms with Gasteiger partial charge in [-0.1, -0.05) is 65.0 Å². The van der Waals surface area contributed by atoms with Gasteiger partial charge >= 0.3 is 5.97 Å².